The molecule has 2 heterocycles. The number of thiophene rings is 1. The summed E-state index contributed by atoms with van der Waals surface area (Å²) in [6.45, 7) is 4.40. The van der Waals surface area contributed by atoms with E-state index in [2.05, 4.69) is 50.2 Å². The number of esters is 1. The standard InChI is InChI=1S/C15H22BrN3O2S/c1-10-8-19(9-12(10)14(20)21-3)15(17-2)18-7-6-11-4-5-13(16)22-11/h4-5,10,12H,6-9H2,1-3H3,(H,17,18). The van der Waals surface area contributed by atoms with Crippen LogP contribution in [0.4, 0.5) is 0 Å². The van der Waals surface area contributed by atoms with Crippen LogP contribution in [0.2, 0.25) is 0 Å². The van der Waals surface area contributed by atoms with Gasteiger partial charge in [0.1, 0.15) is 0 Å². The predicted molar refractivity (Wildman–Crippen MR) is 93.3 cm³/mol. The summed E-state index contributed by atoms with van der Waals surface area (Å²) in [5.74, 6) is 0.929. The Hall–Kier alpha value is -1.08. The number of nitrogens with zero attached hydrogens (tertiary/aromatic N) is 2. The van der Waals surface area contributed by atoms with E-state index in [1.165, 1.54) is 12.0 Å². The van der Waals surface area contributed by atoms with E-state index >= 15 is 0 Å². The number of hydrogen-bond acceptors (Lipinski definition) is 4. The number of carbonyl (C=O) groups excluding carboxylic acids is 1. The first kappa shape index (κ1) is 17.3. The van der Waals surface area contributed by atoms with Gasteiger partial charge in [0.05, 0.1) is 16.8 Å². The third-order valence-electron chi connectivity index (χ3n) is 3.91. The minimum Gasteiger partial charge on any atom is -0.469 e. The van der Waals surface area contributed by atoms with E-state index in [-0.39, 0.29) is 17.8 Å². The average Bonchev–Trinajstić information content (AvgIpc) is 3.09. The van der Waals surface area contributed by atoms with Gasteiger partial charge in [-0.3, -0.25) is 9.79 Å². The Morgan fingerprint density at radius 3 is 2.91 bits per heavy atom. The van der Waals surface area contributed by atoms with Crippen LogP contribution >= 0.6 is 27.3 Å². The van der Waals surface area contributed by atoms with Crippen molar-refractivity contribution in [3.8, 4) is 0 Å². The molecule has 1 aromatic rings. The fraction of sp³-hybridized carbons (Fsp3) is 0.600. The van der Waals surface area contributed by atoms with Crippen LogP contribution in [0, 0.1) is 11.8 Å². The fourth-order valence-corrected chi connectivity index (χ4v) is 4.20. The zero-order valence-electron chi connectivity index (χ0n) is 13.1. The van der Waals surface area contributed by atoms with E-state index in [9.17, 15) is 4.79 Å². The minimum absolute atomic E-state index is 0.0724. The van der Waals surface area contributed by atoms with Gasteiger partial charge in [0.15, 0.2) is 5.96 Å². The number of halogens is 1. The minimum atomic E-state index is -0.131. The van der Waals surface area contributed by atoms with Crippen molar-refractivity contribution in [1.29, 1.82) is 0 Å². The molecule has 0 amide bonds. The maximum atomic E-state index is 11.8. The maximum Gasteiger partial charge on any atom is 0.310 e. The molecular weight excluding hydrogens is 366 g/mol. The number of likely N-dealkylation sites (tertiary alicyclic amines) is 1. The van der Waals surface area contributed by atoms with Crippen molar-refractivity contribution in [2.75, 3.05) is 33.8 Å². The third-order valence-corrected chi connectivity index (χ3v) is 5.59. The summed E-state index contributed by atoms with van der Waals surface area (Å²) in [7, 11) is 3.23. The Kier molecular flexibility index (Phi) is 6.26. The molecule has 1 N–H and O–H groups in total. The molecule has 2 rings (SSSR count). The maximum absolute atomic E-state index is 11.8. The molecule has 0 aliphatic carbocycles. The van der Waals surface area contributed by atoms with Gasteiger partial charge in [-0.15, -0.1) is 11.3 Å². The molecule has 0 saturated carbocycles. The molecule has 0 spiro atoms. The molecule has 1 aromatic heterocycles. The number of guanidine groups is 1. The second-order valence-electron chi connectivity index (χ2n) is 5.44. The largest absolute Gasteiger partial charge is 0.469 e. The lowest BCUT2D eigenvalue weighted by molar-refractivity contribution is -0.145. The Labute approximate surface area is 143 Å². The van der Waals surface area contributed by atoms with Crippen LogP contribution in [0.3, 0.4) is 0 Å². The molecule has 2 unspecified atom stereocenters. The number of aliphatic imine (C=N–C) groups is 1. The Bertz CT molecular complexity index is 547. The molecule has 1 aliphatic rings. The highest BCUT2D eigenvalue weighted by molar-refractivity contribution is 9.11. The number of rotatable bonds is 4. The Morgan fingerprint density at radius 1 is 1.55 bits per heavy atom. The first-order valence-corrected chi connectivity index (χ1v) is 8.93. The molecule has 2 atom stereocenters. The normalized spacial score (nSPS) is 22.0. The lowest BCUT2D eigenvalue weighted by Crippen LogP contribution is -2.41. The van der Waals surface area contributed by atoms with E-state index in [0.717, 1.165) is 29.3 Å². The summed E-state index contributed by atoms with van der Waals surface area (Å²) in [5.41, 5.74) is 0. The van der Waals surface area contributed by atoms with Crippen LogP contribution in [0.25, 0.3) is 0 Å². The van der Waals surface area contributed by atoms with Crippen molar-refractivity contribution in [2.24, 2.45) is 16.8 Å². The molecule has 1 fully saturated rings. The highest BCUT2D eigenvalue weighted by Crippen LogP contribution is 2.24. The molecule has 5 nitrogen and oxygen atoms in total. The monoisotopic (exact) mass is 387 g/mol. The van der Waals surface area contributed by atoms with Gasteiger partial charge < -0.3 is 15.0 Å². The quantitative estimate of drug-likeness (QED) is 0.489. The smallest absolute Gasteiger partial charge is 0.310 e. The number of hydrogen-bond donors (Lipinski definition) is 1. The first-order valence-electron chi connectivity index (χ1n) is 7.32. The molecule has 0 radical (unpaired) electrons. The molecule has 22 heavy (non-hydrogen) atoms. The van der Waals surface area contributed by atoms with Gasteiger partial charge in [0.25, 0.3) is 0 Å². The molecular formula is C15H22BrN3O2S. The Morgan fingerprint density at radius 2 is 2.32 bits per heavy atom. The van der Waals surface area contributed by atoms with Crippen molar-refractivity contribution in [3.63, 3.8) is 0 Å². The summed E-state index contributed by atoms with van der Waals surface area (Å²) in [5, 5.41) is 3.38. The second-order valence-corrected chi connectivity index (χ2v) is 7.99. The summed E-state index contributed by atoms with van der Waals surface area (Å²) < 4.78 is 6.03. The van der Waals surface area contributed by atoms with Crippen molar-refractivity contribution in [1.82, 2.24) is 10.2 Å². The van der Waals surface area contributed by atoms with Crippen molar-refractivity contribution in [3.05, 3.63) is 20.8 Å². The van der Waals surface area contributed by atoms with E-state index in [0.29, 0.717) is 6.54 Å². The van der Waals surface area contributed by atoms with E-state index in [1.807, 2.05) is 0 Å². The van der Waals surface area contributed by atoms with Crippen LogP contribution in [-0.4, -0.2) is 50.6 Å². The fourth-order valence-electron chi connectivity index (χ4n) is 2.71. The van der Waals surface area contributed by atoms with Gasteiger partial charge in [-0.25, -0.2) is 0 Å². The molecule has 1 saturated heterocycles. The van der Waals surface area contributed by atoms with Gasteiger partial charge in [-0.1, -0.05) is 6.92 Å². The summed E-state index contributed by atoms with van der Waals surface area (Å²) >= 11 is 5.23. The Balaban J connectivity index is 1.86. The van der Waals surface area contributed by atoms with E-state index < -0.39 is 0 Å². The molecule has 0 bridgehead atoms. The summed E-state index contributed by atoms with van der Waals surface area (Å²) in [4.78, 5) is 19.6. The van der Waals surface area contributed by atoms with Gasteiger partial charge >= 0.3 is 5.97 Å². The predicted octanol–water partition coefficient (Wildman–Crippen LogP) is 2.37. The second kappa shape index (κ2) is 7.97. The lowest BCUT2D eigenvalue weighted by Gasteiger charge is -2.21. The van der Waals surface area contributed by atoms with Crippen LogP contribution in [0.15, 0.2) is 20.9 Å². The van der Waals surface area contributed by atoms with Crippen molar-refractivity contribution >= 4 is 39.2 Å². The summed E-state index contributed by atoms with van der Waals surface area (Å²) in [6.07, 6.45) is 0.957. The molecule has 7 heteroatoms. The summed E-state index contributed by atoms with van der Waals surface area (Å²) in [6, 6.07) is 4.20. The number of methoxy groups -OCH3 is 1. The van der Waals surface area contributed by atoms with Gasteiger partial charge in [-0.05, 0) is 40.4 Å². The SMILES string of the molecule is CN=C(NCCc1ccc(Br)s1)N1CC(C)C(C(=O)OC)C1. The van der Waals surface area contributed by atoms with E-state index in [1.54, 1.807) is 18.4 Å². The van der Waals surface area contributed by atoms with Gasteiger partial charge in [0.2, 0.25) is 0 Å². The number of nitrogens with one attached hydrogen (secondary N) is 1. The molecule has 122 valence electrons. The molecule has 1 aliphatic heterocycles. The average molecular weight is 388 g/mol. The van der Waals surface area contributed by atoms with Gasteiger partial charge in [-0.2, -0.15) is 0 Å². The van der Waals surface area contributed by atoms with Crippen LogP contribution in [0.1, 0.15) is 11.8 Å². The third kappa shape index (κ3) is 4.23. The van der Waals surface area contributed by atoms with Gasteiger partial charge in [0, 0.05) is 31.6 Å². The molecule has 0 aromatic carbocycles. The number of carbonyl (C=O) groups is 1. The van der Waals surface area contributed by atoms with Crippen LogP contribution < -0.4 is 5.32 Å². The van der Waals surface area contributed by atoms with Crippen LogP contribution in [-0.2, 0) is 16.0 Å². The zero-order valence-corrected chi connectivity index (χ0v) is 15.5. The highest BCUT2D eigenvalue weighted by atomic mass is 79.9. The van der Waals surface area contributed by atoms with Crippen molar-refractivity contribution in [2.45, 2.75) is 13.3 Å². The first-order chi connectivity index (χ1) is 10.5. The zero-order chi connectivity index (χ0) is 16.1. The number of ether oxygens (including phenoxy) is 1. The topological polar surface area (TPSA) is 53.9 Å². The van der Waals surface area contributed by atoms with E-state index in [4.69, 9.17) is 4.74 Å². The highest BCUT2D eigenvalue weighted by Gasteiger charge is 2.36. The lowest BCUT2D eigenvalue weighted by atomic mass is 9.99. The van der Waals surface area contributed by atoms with Crippen molar-refractivity contribution < 1.29 is 9.53 Å². The van der Waals surface area contributed by atoms with Crippen LogP contribution in [0.5, 0.6) is 0 Å².